The summed E-state index contributed by atoms with van der Waals surface area (Å²) >= 11 is 0. The second-order valence-electron chi connectivity index (χ2n) is 10.5. The fourth-order valence-electron chi connectivity index (χ4n) is 6.72. The molecule has 1 aliphatic heterocycles. The predicted octanol–water partition coefficient (Wildman–Crippen LogP) is 5.25. The molecule has 0 bridgehead atoms. The maximum absolute atomic E-state index is 11.1. The molecule has 2 saturated carbocycles. The van der Waals surface area contributed by atoms with E-state index in [1.807, 2.05) is 0 Å². The van der Waals surface area contributed by atoms with E-state index >= 15 is 0 Å². The van der Waals surface area contributed by atoms with Gasteiger partial charge in [0.05, 0.1) is 15.5 Å². The van der Waals surface area contributed by atoms with Gasteiger partial charge in [-0.05, 0) is 36.3 Å². The van der Waals surface area contributed by atoms with Gasteiger partial charge in [-0.25, -0.2) is 13.0 Å². The summed E-state index contributed by atoms with van der Waals surface area (Å²) in [4.78, 5) is 0. The molecular weight excluding hydrogens is 406 g/mol. The lowest BCUT2D eigenvalue weighted by molar-refractivity contribution is -0.535. The first-order chi connectivity index (χ1) is 14.9. The van der Waals surface area contributed by atoms with Crippen LogP contribution in [0, 0.1) is 11.8 Å². The molecule has 2 aliphatic carbocycles. The van der Waals surface area contributed by atoms with Crippen LogP contribution in [0.15, 0.2) is 24.3 Å². The Hall–Kier alpha value is -1.20. The van der Waals surface area contributed by atoms with E-state index in [2.05, 4.69) is 35.1 Å². The molecule has 0 atom stereocenters. The van der Waals surface area contributed by atoms with E-state index in [1.165, 1.54) is 88.2 Å². The Morgan fingerprint density at radius 2 is 1.48 bits per heavy atom. The summed E-state index contributed by atoms with van der Waals surface area (Å²) in [5.74, 6) is 1.33. The average Bonchev–Trinajstić information content (AvgIpc) is 2.74. The van der Waals surface area contributed by atoms with Crippen LogP contribution in [-0.4, -0.2) is 42.6 Å². The molecule has 4 nitrogen and oxygen atoms in total. The summed E-state index contributed by atoms with van der Waals surface area (Å²) in [5.41, 5.74) is 2.95. The fourth-order valence-corrected chi connectivity index (χ4v) is 7.20. The third-order valence-corrected chi connectivity index (χ3v) is 8.80. The second kappa shape index (κ2) is 10.2. The van der Waals surface area contributed by atoms with E-state index in [-0.39, 0.29) is 11.2 Å². The molecular formula is C26H39NO3S. The largest absolute Gasteiger partial charge is 0.748 e. The minimum atomic E-state index is -4.15. The molecule has 1 aromatic carbocycles. The highest BCUT2D eigenvalue weighted by Gasteiger charge is 2.44. The minimum absolute atomic E-state index is 0.145. The predicted molar refractivity (Wildman–Crippen MR) is 125 cm³/mol. The van der Waals surface area contributed by atoms with Crippen LogP contribution in [0.2, 0.25) is 0 Å². The van der Waals surface area contributed by atoms with Gasteiger partial charge in [-0.15, -0.1) is 0 Å². The number of hydrogen-bond acceptors (Lipinski definition) is 3. The number of benzene rings is 1. The van der Waals surface area contributed by atoms with Crippen LogP contribution in [0.5, 0.6) is 0 Å². The molecule has 1 aromatic rings. The van der Waals surface area contributed by atoms with Crippen LogP contribution in [0.3, 0.4) is 0 Å². The van der Waals surface area contributed by atoms with Crippen LogP contribution in [0.1, 0.15) is 94.6 Å². The third-order valence-electron chi connectivity index (χ3n) is 8.01. The van der Waals surface area contributed by atoms with Crippen molar-refractivity contribution in [3.63, 3.8) is 0 Å². The first kappa shape index (κ1) is 23.0. The summed E-state index contributed by atoms with van der Waals surface area (Å²) in [6.07, 6.45) is 18.8. The van der Waals surface area contributed by atoms with Crippen molar-refractivity contribution in [1.82, 2.24) is 0 Å². The third kappa shape index (κ3) is 6.19. The first-order valence-electron chi connectivity index (χ1n) is 12.6. The van der Waals surface area contributed by atoms with Crippen LogP contribution >= 0.6 is 0 Å². The maximum atomic E-state index is 11.1. The lowest BCUT2D eigenvalue weighted by Crippen LogP contribution is -2.45. The molecule has 172 valence electrons. The molecule has 0 aromatic heterocycles. The topological polar surface area (TPSA) is 60.2 Å². The van der Waals surface area contributed by atoms with Crippen molar-refractivity contribution in [2.24, 2.45) is 11.8 Å². The SMILES string of the molecule is O=S(=O)([O-])CCC[N+]1=Cc2ccccc2C(CC2CCCCC2)(CC2CCCCC2)C1. The molecule has 0 amide bonds. The van der Waals surface area contributed by atoms with Crippen molar-refractivity contribution >= 4 is 16.3 Å². The smallest absolute Gasteiger partial charge is 0.171 e. The Balaban J connectivity index is 1.62. The highest BCUT2D eigenvalue weighted by atomic mass is 32.2. The van der Waals surface area contributed by atoms with Gasteiger partial charge >= 0.3 is 0 Å². The van der Waals surface area contributed by atoms with Gasteiger partial charge in [0.15, 0.2) is 12.8 Å². The van der Waals surface area contributed by atoms with Crippen molar-refractivity contribution in [2.75, 3.05) is 18.8 Å². The van der Waals surface area contributed by atoms with E-state index in [1.54, 1.807) is 0 Å². The average molecular weight is 446 g/mol. The van der Waals surface area contributed by atoms with Crippen LogP contribution < -0.4 is 0 Å². The summed E-state index contributed by atoms with van der Waals surface area (Å²) in [7, 11) is -4.15. The molecule has 4 rings (SSSR count). The number of fused-ring (bicyclic) bond motifs is 1. The van der Waals surface area contributed by atoms with Crippen molar-refractivity contribution in [2.45, 2.75) is 88.9 Å². The van der Waals surface area contributed by atoms with Gasteiger partial charge in [0.25, 0.3) is 0 Å². The maximum Gasteiger partial charge on any atom is 0.171 e. The summed E-state index contributed by atoms with van der Waals surface area (Å²) in [6, 6.07) is 8.90. The Morgan fingerprint density at radius 1 is 0.903 bits per heavy atom. The fraction of sp³-hybridized carbons (Fsp3) is 0.731. The molecule has 5 heteroatoms. The van der Waals surface area contributed by atoms with Gasteiger partial charge in [0.1, 0.15) is 6.54 Å². The molecule has 3 aliphatic rings. The quantitative estimate of drug-likeness (QED) is 0.406. The summed E-state index contributed by atoms with van der Waals surface area (Å²) < 4.78 is 35.8. The Morgan fingerprint density at radius 3 is 2.06 bits per heavy atom. The normalized spacial score (nSPS) is 22.7. The van der Waals surface area contributed by atoms with Crippen molar-refractivity contribution in [1.29, 1.82) is 0 Å². The van der Waals surface area contributed by atoms with Gasteiger partial charge in [-0.3, -0.25) is 0 Å². The van der Waals surface area contributed by atoms with Crippen molar-refractivity contribution in [3.05, 3.63) is 35.4 Å². The Bertz CT molecular complexity index is 844. The minimum Gasteiger partial charge on any atom is -0.748 e. The number of rotatable bonds is 8. The van der Waals surface area contributed by atoms with Gasteiger partial charge in [0, 0.05) is 17.7 Å². The van der Waals surface area contributed by atoms with E-state index in [9.17, 15) is 13.0 Å². The first-order valence-corrected chi connectivity index (χ1v) is 14.1. The lowest BCUT2D eigenvalue weighted by atomic mass is 9.63. The molecule has 0 unspecified atom stereocenters. The molecule has 1 heterocycles. The lowest BCUT2D eigenvalue weighted by Gasteiger charge is -2.42. The highest BCUT2D eigenvalue weighted by Crippen LogP contribution is 2.46. The van der Waals surface area contributed by atoms with Gasteiger partial charge in [-0.2, -0.15) is 0 Å². The molecule has 0 saturated heterocycles. The number of nitrogens with zero attached hydrogens (tertiary/aromatic N) is 1. The summed E-state index contributed by atoms with van der Waals surface area (Å²) in [5, 5.41) is 0. The van der Waals surface area contributed by atoms with E-state index in [0.29, 0.717) is 13.0 Å². The van der Waals surface area contributed by atoms with Crippen LogP contribution in [-0.2, 0) is 15.5 Å². The van der Waals surface area contributed by atoms with E-state index in [0.717, 1.165) is 18.4 Å². The monoisotopic (exact) mass is 445 g/mol. The molecule has 2 fully saturated rings. The zero-order valence-electron chi connectivity index (χ0n) is 18.9. The molecule has 31 heavy (non-hydrogen) atoms. The standard InChI is InChI=1S/C26H39NO3S/c28-31(29,30)17-9-16-27-20-24-14-7-8-15-25(24)26(21-27,18-22-10-3-1-4-11-22)19-23-12-5-2-6-13-23/h7-8,14-15,20,22-23H,1-6,9-13,16-19,21H2. The molecule has 0 spiro atoms. The number of hydrogen-bond donors (Lipinski definition) is 0. The highest BCUT2D eigenvalue weighted by molar-refractivity contribution is 7.85. The van der Waals surface area contributed by atoms with E-state index in [4.69, 9.17) is 0 Å². The summed E-state index contributed by atoms with van der Waals surface area (Å²) in [6.45, 7) is 1.61. The Labute approximate surface area is 188 Å². The zero-order valence-corrected chi connectivity index (χ0v) is 19.8. The van der Waals surface area contributed by atoms with Crippen molar-refractivity contribution < 1.29 is 17.5 Å². The van der Waals surface area contributed by atoms with Gasteiger partial charge < -0.3 is 4.55 Å². The van der Waals surface area contributed by atoms with E-state index < -0.39 is 10.1 Å². The molecule has 0 radical (unpaired) electrons. The zero-order chi connectivity index (χ0) is 21.7. The van der Waals surface area contributed by atoms with Crippen LogP contribution in [0.25, 0.3) is 0 Å². The second-order valence-corrected chi connectivity index (χ2v) is 12.0. The molecule has 0 N–H and O–H groups in total. The van der Waals surface area contributed by atoms with Gasteiger partial charge in [0.2, 0.25) is 0 Å². The Kier molecular flexibility index (Phi) is 7.53. The van der Waals surface area contributed by atoms with Crippen LogP contribution in [0.4, 0.5) is 0 Å². The van der Waals surface area contributed by atoms with Crippen molar-refractivity contribution in [3.8, 4) is 0 Å². The van der Waals surface area contributed by atoms with Gasteiger partial charge in [-0.1, -0.05) is 82.4 Å².